The summed E-state index contributed by atoms with van der Waals surface area (Å²) in [7, 11) is 1.67. The second-order valence-electron chi connectivity index (χ2n) is 5.05. The molecular formula is C16H20N2O3S. The Bertz CT molecular complexity index is 646. The Balaban J connectivity index is 2.28. The van der Waals surface area contributed by atoms with Crippen molar-refractivity contribution in [2.24, 2.45) is 0 Å². The predicted octanol–water partition coefficient (Wildman–Crippen LogP) is 2.97. The summed E-state index contributed by atoms with van der Waals surface area (Å²) in [5, 5.41) is -0.246. The van der Waals surface area contributed by atoms with Crippen LogP contribution in [0.3, 0.4) is 0 Å². The number of rotatable bonds is 6. The van der Waals surface area contributed by atoms with Crippen molar-refractivity contribution in [1.82, 2.24) is 9.47 Å². The molecule has 6 heteroatoms. The molecule has 0 saturated carbocycles. The third-order valence-electron chi connectivity index (χ3n) is 3.60. The van der Waals surface area contributed by atoms with Crippen LogP contribution < -0.4 is 0 Å². The van der Waals surface area contributed by atoms with E-state index in [9.17, 15) is 9.59 Å². The average molecular weight is 320 g/mol. The van der Waals surface area contributed by atoms with E-state index in [1.54, 1.807) is 19.3 Å². The smallest absolute Gasteiger partial charge is 0.293 e. The van der Waals surface area contributed by atoms with Crippen LogP contribution in [0.4, 0.5) is 4.79 Å². The molecule has 0 atom stereocenters. The summed E-state index contributed by atoms with van der Waals surface area (Å²) in [4.78, 5) is 25.7. The highest BCUT2D eigenvalue weighted by atomic mass is 32.2. The molecule has 5 nitrogen and oxygen atoms in total. The maximum atomic E-state index is 12.2. The van der Waals surface area contributed by atoms with Crippen LogP contribution in [0, 0.1) is 13.8 Å². The van der Waals surface area contributed by atoms with Crippen molar-refractivity contribution in [3.8, 4) is 0 Å². The molecule has 22 heavy (non-hydrogen) atoms. The Morgan fingerprint density at radius 1 is 1.36 bits per heavy atom. The lowest BCUT2D eigenvalue weighted by atomic mass is 10.2. The van der Waals surface area contributed by atoms with Gasteiger partial charge in [-0.05, 0) is 43.3 Å². The number of amides is 2. The normalized spacial score (nSPS) is 16.9. The number of methoxy groups -OCH3 is 1. The Labute approximate surface area is 134 Å². The van der Waals surface area contributed by atoms with Gasteiger partial charge in [-0.2, -0.15) is 0 Å². The number of hydrogen-bond donors (Lipinski definition) is 0. The number of aryl methyl sites for hydroxylation is 1. The molecule has 1 aromatic rings. The van der Waals surface area contributed by atoms with Gasteiger partial charge in [-0.25, -0.2) is 0 Å². The fourth-order valence-corrected chi connectivity index (χ4v) is 3.27. The van der Waals surface area contributed by atoms with E-state index in [1.807, 2.05) is 19.9 Å². The predicted molar refractivity (Wildman–Crippen MR) is 88.7 cm³/mol. The molecular weight excluding hydrogens is 300 g/mol. The molecule has 1 aromatic heterocycles. The zero-order chi connectivity index (χ0) is 16.3. The molecule has 0 bridgehead atoms. The van der Waals surface area contributed by atoms with Gasteiger partial charge in [0.05, 0.1) is 11.5 Å². The highest BCUT2D eigenvalue weighted by molar-refractivity contribution is 8.18. The minimum atomic E-state index is -0.253. The highest BCUT2D eigenvalue weighted by Gasteiger charge is 2.34. The molecule has 0 radical (unpaired) electrons. The van der Waals surface area contributed by atoms with Gasteiger partial charge in [0, 0.05) is 31.6 Å². The molecule has 2 rings (SSSR count). The average Bonchev–Trinajstić information content (AvgIpc) is 2.89. The third-order valence-corrected chi connectivity index (χ3v) is 4.51. The Kier molecular flexibility index (Phi) is 5.26. The van der Waals surface area contributed by atoms with Gasteiger partial charge in [-0.3, -0.25) is 14.5 Å². The van der Waals surface area contributed by atoms with Crippen LogP contribution in [0.25, 0.3) is 6.08 Å². The zero-order valence-corrected chi connectivity index (χ0v) is 13.9. The largest absolute Gasteiger partial charge is 0.383 e. The molecule has 118 valence electrons. The summed E-state index contributed by atoms with van der Waals surface area (Å²) in [5.41, 5.74) is 3.12. The van der Waals surface area contributed by atoms with Crippen molar-refractivity contribution in [1.29, 1.82) is 0 Å². The number of carbonyl (C=O) groups is 2. The molecule has 1 fully saturated rings. The number of ether oxygens (including phenoxy) is 1. The number of nitrogens with zero attached hydrogens (tertiary/aromatic N) is 2. The fraction of sp³-hybridized carbons (Fsp3) is 0.375. The summed E-state index contributed by atoms with van der Waals surface area (Å²) < 4.78 is 7.26. The van der Waals surface area contributed by atoms with E-state index in [2.05, 4.69) is 11.1 Å². The van der Waals surface area contributed by atoms with Crippen molar-refractivity contribution in [3.63, 3.8) is 0 Å². The van der Waals surface area contributed by atoms with Crippen molar-refractivity contribution >= 4 is 29.0 Å². The summed E-state index contributed by atoms with van der Waals surface area (Å²) in [6.45, 7) is 9.23. The first kappa shape index (κ1) is 16.6. The molecule has 0 aromatic carbocycles. The van der Waals surface area contributed by atoms with E-state index >= 15 is 0 Å². The molecule has 0 N–H and O–H groups in total. The van der Waals surface area contributed by atoms with Crippen LogP contribution in [0.15, 0.2) is 23.6 Å². The topological polar surface area (TPSA) is 51.5 Å². The van der Waals surface area contributed by atoms with Crippen LogP contribution >= 0.6 is 11.8 Å². The molecule has 0 aliphatic carbocycles. The van der Waals surface area contributed by atoms with Crippen molar-refractivity contribution < 1.29 is 14.3 Å². The third kappa shape index (κ3) is 3.18. The van der Waals surface area contributed by atoms with Crippen LogP contribution in [0.1, 0.15) is 17.0 Å². The molecule has 1 aliphatic heterocycles. The number of hydrogen-bond acceptors (Lipinski definition) is 4. The fourth-order valence-electron chi connectivity index (χ4n) is 2.43. The van der Waals surface area contributed by atoms with Gasteiger partial charge in [-0.1, -0.05) is 6.08 Å². The first-order chi connectivity index (χ1) is 10.5. The van der Waals surface area contributed by atoms with Crippen LogP contribution in [-0.4, -0.2) is 40.9 Å². The number of carbonyl (C=O) groups excluding carboxylic acids is 2. The first-order valence-corrected chi connectivity index (χ1v) is 7.83. The van der Waals surface area contributed by atoms with Gasteiger partial charge >= 0.3 is 0 Å². The second-order valence-corrected chi connectivity index (χ2v) is 6.05. The highest BCUT2D eigenvalue weighted by Crippen LogP contribution is 2.33. The molecule has 1 aliphatic rings. The van der Waals surface area contributed by atoms with Gasteiger partial charge < -0.3 is 9.30 Å². The van der Waals surface area contributed by atoms with Gasteiger partial charge in [0.25, 0.3) is 11.1 Å². The zero-order valence-electron chi connectivity index (χ0n) is 13.1. The Morgan fingerprint density at radius 3 is 2.73 bits per heavy atom. The maximum Gasteiger partial charge on any atom is 0.293 e. The quantitative estimate of drug-likeness (QED) is 0.597. The van der Waals surface area contributed by atoms with Crippen LogP contribution in [0.2, 0.25) is 0 Å². The molecule has 1 saturated heterocycles. The van der Waals surface area contributed by atoms with Crippen LogP contribution in [0.5, 0.6) is 0 Å². The summed E-state index contributed by atoms with van der Waals surface area (Å²) in [5.74, 6) is -0.253. The number of thioether (sulfide) groups is 1. The lowest BCUT2D eigenvalue weighted by molar-refractivity contribution is -0.122. The van der Waals surface area contributed by atoms with E-state index in [4.69, 9.17) is 4.74 Å². The summed E-state index contributed by atoms with van der Waals surface area (Å²) in [6, 6.07) is 2.02. The van der Waals surface area contributed by atoms with Crippen molar-refractivity contribution in [2.45, 2.75) is 20.4 Å². The standard InChI is InChI=1S/C16H20N2O3S/c1-5-6-18-15(19)14(22-16(18)20)10-13-9-11(2)17(12(13)3)7-8-21-4/h5,9-10H,1,6-8H2,2-4H3/b14-10+. The molecule has 0 unspecified atom stereocenters. The van der Waals surface area contributed by atoms with E-state index in [-0.39, 0.29) is 17.7 Å². The number of imide groups is 1. The number of aromatic nitrogens is 1. The van der Waals surface area contributed by atoms with E-state index in [1.165, 1.54) is 4.90 Å². The summed E-state index contributed by atoms with van der Waals surface area (Å²) in [6.07, 6.45) is 3.34. The van der Waals surface area contributed by atoms with Gasteiger partial charge in [0.15, 0.2) is 0 Å². The van der Waals surface area contributed by atoms with Gasteiger partial charge in [0.2, 0.25) is 0 Å². The minimum Gasteiger partial charge on any atom is -0.383 e. The van der Waals surface area contributed by atoms with E-state index in [0.717, 1.165) is 35.3 Å². The molecule has 2 heterocycles. The maximum absolute atomic E-state index is 12.2. The summed E-state index contributed by atoms with van der Waals surface area (Å²) >= 11 is 0.975. The SMILES string of the molecule is C=CCN1C(=O)S/C(=C/c2cc(C)n(CCOC)c2C)C1=O. The molecule has 2 amide bonds. The monoisotopic (exact) mass is 320 g/mol. The lowest BCUT2D eigenvalue weighted by Crippen LogP contribution is -2.27. The van der Waals surface area contributed by atoms with Crippen molar-refractivity contribution in [2.75, 3.05) is 20.3 Å². The Hall–Kier alpha value is -1.79. The van der Waals surface area contributed by atoms with E-state index < -0.39 is 0 Å². The second kappa shape index (κ2) is 6.98. The minimum absolute atomic E-state index is 0.245. The molecule has 0 spiro atoms. The van der Waals surface area contributed by atoms with Gasteiger partial charge in [0.1, 0.15) is 0 Å². The lowest BCUT2D eigenvalue weighted by Gasteiger charge is -2.08. The Morgan fingerprint density at radius 2 is 2.09 bits per heavy atom. The first-order valence-electron chi connectivity index (χ1n) is 7.01. The van der Waals surface area contributed by atoms with Gasteiger partial charge in [-0.15, -0.1) is 6.58 Å². The van der Waals surface area contributed by atoms with Crippen molar-refractivity contribution in [3.05, 3.63) is 40.6 Å². The van der Waals surface area contributed by atoms with E-state index in [0.29, 0.717) is 11.5 Å². The van der Waals surface area contributed by atoms with Crippen LogP contribution in [-0.2, 0) is 16.1 Å².